The van der Waals surface area contributed by atoms with Gasteiger partial charge in [-0.2, -0.15) is 11.3 Å². The Bertz CT molecular complexity index is 850. The number of thiophene rings is 1. The van der Waals surface area contributed by atoms with E-state index in [9.17, 15) is 5.11 Å². The van der Waals surface area contributed by atoms with Crippen molar-refractivity contribution in [2.24, 2.45) is 0 Å². The molecular formula is C22H21ClO2S. The summed E-state index contributed by atoms with van der Waals surface area (Å²) >= 11 is 7.39. The number of rotatable bonds is 7. The van der Waals surface area contributed by atoms with E-state index in [1.165, 1.54) is 16.7 Å². The molecule has 0 atom stereocenters. The van der Waals surface area contributed by atoms with Crippen LogP contribution in [0.2, 0.25) is 0 Å². The number of aromatic hydroxyl groups is 1. The number of ether oxygens (including phenoxy) is 1. The van der Waals surface area contributed by atoms with Crippen molar-refractivity contribution < 1.29 is 9.84 Å². The molecule has 0 aliphatic carbocycles. The maximum Gasteiger partial charge on any atom is 0.119 e. The number of benzene rings is 2. The highest BCUT2D eigenvalue weighted by Crippen LogP contribution is 2.36. The molecule has 0 bridgehead atoms. The maximum atomic E-state index is 9.67. The molecule has 0 aliphatic heterocycles. The van der Waals surface area contributed by atoms with Crippen LogP contribution in [0.4, 0.5) is 0 Å². The first kappa shape index (κ1) is 18.6. The fraction of sp³-hybridized carbons (Fsp3) is 0.182. The number of phenolic OH excluding ortho intramolecular Hbond substituents is 1. The van der Waals surface area contributed by atoms with Crippen LogP contribution in [0, 0.1) is 0 Å². The smallest absolute Gasteiger partial charge is 0.119 e. The Morgan fingerprint density at radius 3 is 2.15 bits per heavy atom. The second-order valence-electron chi connectivity index (χ2n) is 5.83. The van der Waals surface area contributed by atoms with Gasteiger partial charge >= 0.3 is 0 Å². The maximum absolute atomic E-state index is 9.67. The van der Waals surface area contributed by atoms with Gasteiger partial charge in [-0.3, -0.25) is 0 Å². The van der Waals surface area contributed by atoms with Gasteiger partial charge in [-0.25, -0.2) is 0 Å². The molecule has 3 rings (SSSR count). The van der Waals surface area contributed by atoms with Crippen LogP contribution in [-0.4, -0.2) is 17.6 Å². The first-order chi connectivity index (χ1) is 12.7. The molecule has 134 valence electrons. The number of phenols is 1. The van der Waals surface area contributed by atoms with E-state index in [2.05, 4.69) is 35.9 Å². The van der Waals surface area contributed by atoms with Crippen LogP contribution in [0.25, 0.3) is 11.1 Å². The average molecular weight is 385 g/mol. The van der Waals surface area contributed by atoms with E-state index in [4.69, 9.17) is 16.3 Å². The van der Waals surface area contributed by atoms with Crippen LogP contribution in [-0.2, 0) is 0 Å². The molecule has 0 spiro atoms. The molecule has 0 radical (unpaired) electrons. The molecule has 1 aromatic heterocycles. The normalized spacial score (nSPS) is 11.9. The molecule has 0 saturated carbocycles. The fourth-order valence-corrected chi connectivity index (χ4v) is 3.73. The summed E-state index contributed by atoms with van der Waals surface area (Å²) < 4.78 is 5.59. The third kappa shape index (κ3) is 4.29. The zero-order valence-electron chi connectivity index (χ0n) is 14.6. The van der Waals surface area contributed by atoms with Crippen LogP contribution < -0.4 is 4.74 Å². The highest BCUT2D eigenvalue weighted by molar-refractivity contribution is 7.08. The van der Waals surface area contributed by atoms with Crippen molar-refractivity contribution in [1.29, 1.82) is 0 Å². The molecule has 26 heavy (non-hydrogen) atoms. The number of hydrogen-bond acceptors (Lipinski definition) is 3. The number of alkyl halides is 1. The second kappa shape index (κ2) is 8.93. The summed E-state index contributed by atoms with van der Waals surface area (Å²) in [6, 6.07) is 17.6. The van der Waals surface area contributed by atoms with Crippen LogP contribution >= 0.6 is 22.9 Å². The summed E-state index contributed by atoms with van der Waals surface area (Å²) in [7, 11) is 0. The van der Waals surface area contributed by atoms with Crippen molar-refractivity contribution in [3.05, 3.63) is 82.0 Å². The number of allylic oxidation sites excluding steroid dienone is 1. The summed E-state index contributed by atoms with van der Waals surface area (Å²) in [5.41, 5.74) is 5.90. The lowest BCUT2D eigenvalue weighted by molar-refractivity contribution is 0.343. The van der Waals surface area contributed by atoms with Gasteiger partial charge in [-0.15, -0.1) is 11.6 Å². The third-order valence-electron chi connectivity index (χ3n) is 4.17. The van der Waals surface area contributed by atoms with E-state index < -0.39 is 0 Å². The first-order valence-corrected chi connectivity index (χ1v) is 10.0. The molecule has 0 saturated heterocycles. The Hall–Kier alpha value is -2.23. The largest absolute Gasteiger partial charge is 0.508 e. The molecule has 2 aromatic carbocycles. The molecule has 0 unspecified atom stereocenters. The van der Waals surface area contributed by atoms with Crippen molar-refractivity contribution >= 4 is 34.1 Å². The zero-order chi connectivity index (χ0) is 18.4. The highest BCUT2D eigenvalue weighted by Gasteiger charge is 2.13. The molecule has 0 aliphatic rings. The number of hydrogen-bond donors (Lipinski definition) is 1. The summed E-state index contributed by atoms with van der Waals surface area (Å²) in [4.78, 5) is 0. The first-order valence-electron chi connectivity index (χ1n) is 8.57. The van der Waals surface area contributed by atoms with Gasteiger partial charge in [0.2, 0.25) is 0 Å². The predicted molar refractivity (Wildman–Crippen MR) is 111 cm³/mol. The average Bonchev–Trinajstić information content (AvgIpc) is 3.20. The zero-order valence-corrected chi connectivity index (χ0v) is 16.2. The Morgan fingerprint density at radius 2 is 1.62 bits per heavy atom. The molecule has 4 heteroatoms. The molecule has 1 N–H and O–H groups in total. The Labute approximate surface area is 163 Å². The Kier molecular flexibility index (Phi) is 6.37. The van der Waals surface area contributed by atoms with Crippen molar-refractivity contribution in [1.82, 2.24) is 0 Å². The van der Waals surface area contributed by atoms with Crippen LogP contribution in [0.3, 0.4) is 0 Å². The fourth-order valence-electron chi connectivity index (χ4n) is 2.98. The van der Waals surface area contributed by atoms with Gasteiger partial charge < -0.3 is 9.84 Å². The summed E-state index contributed by atoms with van der Waals surface area (Å²) in [6.07, 6.45) is 0.914. The predicted octanol–water partition coefficient (Wildman–Crippen LogP) is 6.44. The Balaban J connectivity index is 2.10. The lowest BCUT2D eigenvalue weighted by Gasteiger charge is -2.16. The van der Waals surface area contributed by atoms with Gasteiger partial charge in [0.05, 0.1) is 5.88 Å². The van der Waals surface area contributed by atoms with Crippen LogP contribution in [0.1, 0.15) is 30.0 Å². The van der Waals surface area contributed by atoms with E-state index in [-0.39, 0.29) is 5.75 Å². The number of halogens is 1. The van der Waals surface area contributed by atoms with Crippen LogP contribution in [0.15, 0.2) is 65.4 Å². The van der Waals surface area contributed by atoms with Gasteiger partial charge in [0.1, 0.15) is 18.1 Å². The minimum absolute atomic E-state index is 0.270. The monoisotopic (exact) mass is 384 g/mol. The van der Waals surface area contributed by atoms with Gasteiger partial charge in [-0.1, -0.05) is 31.2 Å². The van der Waals surface area contributed by atoms with E-state index in [0.717, 1.165) is 23.3 Å². The van der Waals surface area contributed by atoms with Gasteiger partial charge in [0, 0.05) is 0 Å². The second-order valence-corrected chi connectivity index (χ2v) is 6.99. The van der Waals surface area contributed by atoms with E-state index in [0.29, 0.717) is 12.5 Å². The minimum atomic E-state index is 0.270. The van der Waals surface area contributed by atoms with Crippen molar-refractivity contribution in [3.63, 3.8) is 0 Å². The van der Waals surface area contributed by atoms with Crippen molar-refractivity contribution in [3.8, 4) is 11.5 Å². The summed E-state index contributed by atoms with van der Waals surface area (Å²) in [5.74, 6) is 1.55. The highest BCUT2D eigenvalue weighted by atomic mass is 35.5. The molecule has 3 aromatic rings. The lowest BCUT2D eigenvalue weighted by Crippen LogP contribution is -1.98. The van der Waals surface area contributed by atoms with E-state index in [1.807, 2.05) is 24.3 Å². The summed E-state index contributed by atoms with van der Waals surface area (Å²) in [6.45, 7) is 2.67. The van der Waals surface area contributed by atoms with E-state index in [1.54, 1.807) is 23.5 Å². The van der Waals surface area contributed by atoms with Gasteiger partial charge in [0.15, 0.2) is 0 Å². The van der Waals surface area contributed by atoms with Gasteiger partial charge in [-0.05, 0) is 75.3 Å². The summed E-state index contributed by atoms with van der Waals surface area (Å²) in [5, 5.41) is 13.9. The SMILES string of the molecule is CC/C(=C(/c1ccc(O)cc1)c1ccc(OCCCl)cc1)c1ccsc1. The topological polar surface area (TPSA) is 29.5 Å². The molecule has 0 fully saturated rings. The van der Waals surface area contributed by atoms with Crippen LogP contribution in [0.5, 0.6) is 11.5 Å². The molecular weight excluding hydrogens is 364 g/mol. The third-order valence-corrected chi connectivity index (χ3v) is 5.01. The van der Waals surface area contributed by atoms with Crippen molar-refractivity contribution in [2.45, 2.75) is 13.3 Å². The van der Waals surface area contributed by atoms with Crippen molar-refractivity contribution in [2.75, 3.05) is 12.5 Å². The molecule has 1 heterocycles. The minimum Gasteiger partial charge on any atom is -0.508 e. The molecule has 0 amide bonds. The Morgan fingerprint density at radius 1 is 0.962 bits per heavy atom. The standard InChI is InChI=1S/C22H21ClO2S/c1-2-21(18-11-14-26-15-18)22(16-3-7-19(24)8-4-16)17-5-9-20(10-6-17)25-13-12-23/h3-11,14-15,24H,2,12-13H2,1H3/b22-21+. The molecule has 2 nitrogen and oxygen atoms in total. The quantitative estimate of drug-likeness (QED) is 0.475. The lowest BCUT2D eigenvalue weighted by atomic mass is 9.89. The van der Waals surface area contributed by atoms with E-state index >= 15 is 0 Å². The van der Waals surface area contributed by atoms with Gasteiger partial charge in [0.25, 0.3) is 0 Å².